The van der Waals surface area contributed by atoms with Crippen LogP contribution in [0, 0.1) is 10.1 Å². The zero-order valence-corrected chi connectivity index (χ0v) is 13.2. The monoisotopic (exact) mass is 332 g/mol. The molecule has 0 radical (unpaired) electrons. The molecule has 1 heterocycles. The molecule has 0 saturated carbocycles. The molecule has 1 aliphatic heterocycles. The van der Waals surface area contributed by atoms with E-state index in [0.717, 1.165) is 31.7 Å². The number of rotatable bonds is 3. The van der Waals surface area contributed by atoms with Crippen LogP contribution >= 0.6 is 11.6 Å². The van der Waals surface area contributed by atoms with E-state index in [-0.39, 0.29) is 21.6 Å². The number of nitro benzene ring substituents is 1. The minimum Gasteiger partial charge on any atom is -0.258 e. The van der Waals surface area contributed by atoms with Gasteiger partial charge in [-0.15, -0.1) is 0 Å². The van der Waals surface area contributed by atoms with Crippen LogP contribution in [-0.2, 0) is 10.0 Å². The van der Waals surface area contributed by atoms with Crippen LogP contribution < -0.4 is 0 Å². The zero-order chi connectivity index (χ0) is 15.6. The highest BCUT2D eigenvalue weighted by molar-refractivity contribution is 7.89. The smallest absolute Gasteiger partial charge is 0.258 e. The van der Waals surface area contributed by atoms with Crippen LogP contribution in [0.25, 0.3) is 0 Å². The lowest BCUT2D eigenvalue weighted by molar-refractivity contribution is -0.385. The molecule has 0 bridgehead atoms. The van der Waals surface area contributed by atoms with Crippen LogP contribution in [0.3, 0.4) is 0 Å². The maximum absolute atomic E-state index is 12.8. The summed E-state index contributed by atoms with van der Waals surface area (Å²) in [4.78, 5) is 10.0. The molecule has 8 heteroatoms. The van der Waals surface area contributed by atoms with Gasteiger partial charge in [-0.2, -0.15) is 4.31 Å². The predicted octanol–water partition coefficient (Wildman–Crippen LogP) is 3.20. The van der Waals surface area contributed by atoms with Crippen LogP contribution in [0.2, 0.25) is 5.02 Å². The van der Waals surface area contributed by atoms with Gasteiger partial charge in [0.1, 0.15) is 4.90 Å². The molecule has 0 N–H and O–H groups in total. The van der Waals surface area contributed by atoms with Crippen molar-refractivity contribution in [1.29, 1.82) is 0 Å². The fourth-order valence-corrected chi connectivity index (χ4v) is 4.73. The van der Waals surface area contributed by atoms with E-state index in [0.29, 0.717) is 6.54 Å². The molecule has 1 atom stereocenters. The summed E-state index contributed by atoms with van der Waals surface area (Å²) in [6.07, 6.45) is 3.54. The van der Waals surface area contributed by atoms with Gasteiger partial charge in [0.05, 0.1) is 9.95 Å². The van der Waals surface area contributed by atoms with Crippen molar-refractivity contribution in [1.82, 2.24) is 4.31 Å². The van der Waals surface area contributed by atoms with Crippen molar-refractivity contribution >= 4 is 27.3 Å². The number of hydrogen-bond donors (Lipinski definition) is 0. The molecule has 1 aromatic rings. The highest BCUT2D eigenvalue weighted by Crippen LogP contribution is 2.31. The molecule has 1 unspecified atom stereocenters. The minimum absolute atomic E-state index is 0.0112. The molecular formula is C13H17ClN2O4S. The molecule has 1 fully saturated rings. The topological polar surface area (TPSA) is 80.5 Å². The summed E-state index contributed by atoms with van der Waals surface area (Å²) in [6.45, 7) is 2.27. The molecule has 2 rings (SSSR count). The molecule has 1 aromatic carbocycles. The number of hydrogen-bond acceptors (Lipinski definition) is 4. The fourth-order valence-electron chi connectivity index (χ4n) is 2.54. The normalized spacial score (nSPS) is 21.0. The van der Waals surface area contributed by atoms with Crippen molar-refractivity contribution in [3.8, 4) is 0 Å². The van der Waals surface area contributed by atoms with E-state index in [1.807, 2.05) is 6.92 Å². The Morgan fingerprint density at radius 2 is 2.05 bits per heavy atom. The zero-order valence-electron chi connectivity index (χ0n) is 11.7. The first-order valence-corrected chi connectivity index (χ1v) is 8.61. The Bertz CT molecular complexity index is 648. The van der Waals surface area contributed by atoms with Gasteiger partial charge >= 0.3 is 0 Å². The first-order valence-electron chi connectivity index (χ1n) is 6.80. The van der Waals surface area contributed by atoms with Gasteiger partial charge in [-0.3, -0.25) is 10.1 Å². The van der Waals surface area contributed by atoms with Crippen LogP contribution in [0.15, 0.2) is 23.1 Å². The van der Waals surface area contributed by atoms with Gasteiger partial charge in [0.25, 0.3) is 5.69 Å². The first-order chi connectivity index (χ1) is 9.84. The van der Waals surface area contributed by atoms with Crippen molar-refractivity contribution in [2.75, 3.05) is 6.54 Å². The summed E-state index contributed by atoms with van der Waals surface area (Å²) in [5.41, 5.74) is -0.277. The molecule has 116 valence electrons. The van der Waals surface area contributed by atoms with E-state index in [1.165, 1.54) is 16.4 Å². The molecule has 21 heavy (non-hydrogen) atoms. The summed E-state index contributed by atoms with van der Waals surface area (Å²) in [7, 11) is -3.82. The van der Waals surface area contributed by atoms with E-state index in [1.54, 1.807) is 0 Å². The Kier molecular flexibility index (Phi) is 4.85. The predicted molar refractivity (Wildman–Crippen MR) is 79.9 cm³/mol. The van der Waals surface area contributed by atoms with E-state index in [9.17, 15) is 18.5 Å². The molecule has 1 saturated heterocycles. The fraction of sp³-hybridized carbons (Fsp3) is 0.538. The van der Waals surface area contributed by atoms with Crippen molar-refractivity contribution in [3.63, 3.8) is 0 Å². The number of nitro groups is 1. The quantitative estimate of drug-likeness (QED) is 0.628. The Hall–Kier alpha value is -1.18. The Labute approximate surface area is 128 Å². The average molecular weight is 333 g/mol. The van der Waals surface area contributed by atoms with Gasteiger partial charge in [-0.25, -0.2) is 8.42 Å². The van der Waals surface area contributed by atoms with Gasteiger partial charge in [0.15, 0.2) is 0 Å². The summed E-state index contributed by atoms with van der Waals surface area (Å²) >= 11 is 5.96. The van der Waals surface area contributed by atoms with E-state index in [4.69, 9.17) is 11.6 Å². The molecular weight excluding hydrogens is 316 g/mol. The summed E-state index contributed by atoms with van der Waals surface area (Å²) in [5.74, 6) is 0. The van der Waals surface area contributed by atoms with Crippen LogP contribution in [0.1, 0.15) is 32.6 Å². The second kappa shape index (κ2) is 6.29. The summed E-state index contributed by atoms with van der Waals surface area (Å²) < 4.78 is 26.9. The number of nitrogens with zero attached hydrogens (tertiary/aromatic N) is 2. The van der Waals surface area contributed by atoms with E-state index in [2.05, 4.69) is 0 Å². The first kappa shape index (κ1) is 16.2. The van der Waals surface area contributed by atoms with Crippen LogP contribution in [-0.4, -0.2) is 30.2 Å². The largest absolute Gasteiger partial charge is 0.270 e. The SMILES string of the molecule is CC1CCCCCN1S(=O)(=O)c1cc([N+](=O)[O-])ccc1Cl. The second-order valence-corrected chi connectivity index (χ2v) is 7.45. The van der Waals surface area contributed by atoms with E-state index < -0.39 is 14.9 Å². The summed E-state index contributed by atoms with van der Waals surface area (Å²) in [5, 5.41) is 10.9. The van der Waals surface area contributed by atoms with Gasteiger partial charge in [0.2, 0.25) is 10.0 Å². The third kappa shape index (κ3) is 3.36. The highest BCUT2D eigenvalue weighted by atomic mass is 35.5. The van der Waals surface area contributed by atoms with Crippen LogP contribution in [0.4, 0.5) is 5.69 Å². The highest BCUT2D eigenvalue weighted by Gasteiger charge is 2.32. The number of non-ortho nitro benzene ring substituents is 1. The molecule has 1 aliphatic rings. The Morgan fingerprint density at radius 3 is 2.71 bits per heavy atom. The van der Waals surface area contributed by atoms with Crippen molar-refractivity contribution in [2.45, 2.75) is 43.5 Å². The third-order valence-electron chi connectivity index (χ3n) is 3.70. The Morgan fingerprint density at radius 1 is 1.33 bits per heavy atom. The molecule has 6 nitrogen and oxygen atoms in total. The van der Waals surface area contributed by atoms with Gasteiger partial charge in [0, 0.05) is 24.7 Å². The number of halogens is 1. The average Bonchev–Trinajstić information content (AvgIpc) is 2.63. The lowest BCUT2D eigenvalue weighted by Gasteiger charge is -2.26. The third-order valence-corrected chi connectivity index (χ3v) is 6.20. The standard InChI is InChI=1S/C13H17ClN2O4S/c1-10-5-3-2-4-8-15(10)21(19,20)13-9-11(16(17)18)6-7-12(13)14/h6-7,9-10H,2-5,8H2,1H3. The lowest BCUT2D eigenvalue weighted by atomic mass is 10.1. The van der Waals surface area contributed by atoms with Gasteiger partial charge < -0.3 is 0 Å². The van der Waals surface area contributed by atoms with Crippen molar-refractivity contribution in [2.24, 2.45) is 0 Å². The minimum atomic E-state index is -3.82. The number of sulfonamides is 1. The molecule has 0 amide bonds. The Balaban J connectivity index is 2.47. The van der Waals surface area contributed by atoms with Gasteiger partial charge in [-0.1, -0.05) is 24.4 Å². The molecule has 0 aliphatic carbocycles. The molecule has 0 aromatic heterocycles. The van der Waals surface area contributed by atoms with Gasteiger partial charge in [-0.05, 0) is 25.8 Å². The maximum atomic E-state index is 12.8. The second-order valence-electron chi connectivity index (χ2n) is 5.19. The van der Waals surface area contributed by atoms with Crippen molar-refractivity contribution in [3.05, 3.63) is 33.3 Å². The van der Waals surface area contributed by atoms with Crippen LogP contribution in [0.5, 0.6) is 0 Å². The number of benzene rings is 1. The lowest BCUT2D eigenvalue weighted by Crippen LogP contribution is -2.38. The summed E-state index contributed by atoms with van der Waals surface area (Å²) in [6, 6.07) is 3.37. The van der Waals surface area contributed by atoms with E-state index >= 15 is 0 Å². The maximum Gasteiger partial charge on any atom is 0.270 e. The van der Waals surface area contributed by atoms with Crippen molar-refractivity contribution < 1.29 is 13.3 Å². The molecule has 0 spiro atoms.